The normalized spacial score (nSPS) is 12.7. The molecule has 3 aromatic carbocycles. The van der Waals surface area contributed by atoms with Crippen LogP contribution in [-0.2, 0) is 6.54 Å². The summed E-state index contributed by atoms with van der Waals surface area (Å²) in [6, 6.07) is 23.8. The molecule has 0 radical (unpaired) electrons. The number of nitrogens with zero attached hydrogens (tertiary/aromatic N) is 5. The molecule has 5 rings (SSSR count). The van der Waals surface area contributed by atoms with Gasteiger partial charge in [0.25, 0.3) is 0 Å². The van der Waals surface area contributed by atoms with Crippen molar-refractivity contribution in [2.24, 2.45) is 4.99 Å². The highest BCUT2D eigenvalue weighted by molar-refractivity contribution is 6.34. The third-order valence-electron chi connectivity index (χ3n) is 5.61. The van der Waals surface area contributed by atoms with Gasteiger partial charge in [0.05, 0.1) is 22.8 Å². The highest BCUT2D eigenvalue weighted by Crippen LogP contribution is 2.36. The van der Waals surface area contributed by atoms with Crippen LogP contribution in [0.3, 0.4) is 0 Å². The third-order valence-corrected chi connectivity index (χ3v) is 5.93. The van der Waals surface area contributed by atoms with E-state index < -0.39 is 0 Å². The van der Waals surface area contributed by atoms with Gasteiger partial charge in [-0.05, 0) is 35.4 Å². The number of hydrogen-bond acceptors (Lipinski definition) is 4. The number of aromatic nitrogens is 2. The van der Waals surface area contributed by atoms with E-state index in [9.17, 15) is 5.26 Å². The maximum absolute atomic E-state index is 9.38. The van der Waals surface area contributed by atoms with Crippen molar-refractivity contribution >= 4 is 23.1 Å². The molecule has 7 heteroatoms. The second-order valence-electron chi connectivity index (χ2n) is 7.61. The number of halogens is 1. The Hall–Kier alpha value is -4.08. The Kier molecular flexibility index (Phi) is 5.55. The second kappa shape index (κ2) is 8.81. The molecule has 1 aliphatic rings. The van der Waals surface area contributed by atoms with Gasteiger partial charge in [0, 0.05) is 13.2 Å². The van der Waals surface area contributed by atoms with Gasteiger partial charge in [-0.1, -0.05) is 60.1 Å². The highest BCUT2D eigenvalue weighted by atomic mass is 35.5. The Labute approximate surface area is 197 Å². The van der Waals surface area contributed by atoms with Crippen molar-refractivity contribution in [2.75, 3.05) is 18.6 Å². The van der Waals surface area contributed by atoms with Gasteiger partial charge in [-0.3, -0.25) is 0 Å². The van der Waals surface area contributed by atoms with E-state index in [0.717, 1.165) is 34.0 Å². The topological polar surface area (TPSA) is 66.4 Å². The number of aliphatic imine (C=N–C) groups is 1. The maximum Gasteiger partial charge on any atom is 0.207 e. The van der Waals surface area contributed by atoms with E-state index in [1.807, 2.05) is 66.5 Å². The number of anilines is 1. The zero-order valence-corrected chi connectivity index (χ0v) is 18.7. The lowest BCUT2D eigenvalue weighted by Gasteiger charge is -2.20. The molecule has 0 amide bonds. The summed E-state index contributed by atoms with van der Waals surface area (Å²) in [6.45, 7) is 1.15. The van der Waals surface area contributed by atoms with Gasteiger partial charge < -0.3 is 14.2 Å². The Balaban J connectivity index is 1.60. The summed E-state index contributed by atoms with van der Waals surface area (Å²) in [5.41, 5.74) is 4.43. The van der Waals surface area contributed by atoms with Gasteiger partial charge in [0.2, 0.25) is 6.19 Å². The number of benzene rings is 3. The number of para-hydroxylation sites is 1. The fourth-order valence-corrected chi connectivity index (χ4v) is 4.26. The van der Waals surface area contributed by atoms with Crippen LogP contribution in [0.1, 0.15) is 5.69 Å². The molecule has 0 bridgehead atoms. The second-order valence-corrected chi connectivity index (χ2v) is 8.02. The molecule has 162 valence electrons. The van der Waals surface area contributed by atoms with Gasteiger partial charge in [0.1, 0.15) is 23.9 Å². The maximum atomic E-state index is 9.38. The molecule has 1 aliphatic heterocycles. The Morgan fingerprint density at radius 3 is 2.67 bits per heavy atom. The monoisotopic (exact) mass is 453 g/mol. The van der Waals surface area contributed by atoms with Crippen LogP contribution in [0.5, 0.6) is 5.75 Å². The van der Waals surface area contributed by atoms with Crippen molar-refractivity contribution in [3.8, 4) is 34.5 Å². The van der Waals surface area contributed by atoms with Crippen LogP contribution in [0.25, 0.3) is 22.5 Å². The molecule has 0 N–H and O–H groups in total. The minimum atomic E-state index is 0.424. The van der Waals surface area contributed by atoms with Crippen molar-refractivity contribution < 1.29 is 4.74 Å². The summed E-state index contributed by atoms with van der Waals surface area (Å²) in [6.07, 6.45) is 3.82. The highest BCUT2D eigenvalue weighted by Gasteiger charge is 2.23. The zero-order valence-electron chi connectivity index (χ0n) is 17.9. The fraction of sp³-hybridized carbons (Fsp3) is 0.115. The lowest BCUT2D eigenvalue weighted by molar-refractivity contribution is 0.306. The molecule has 4 aromatic rings. The summed E-state index contributed by atoms with van der Waals surface area (Å²) in [7, 11) is 1.83. The molecule has 0 aliphatic carbocycles. The molecular weight excluding hydrogens is 434 g/mol. The summed E-state index contributed by atoms with van der Waals surface area (Å²) in [5.74, 6) is 1.98. The van der Waals surface area contributed by atoms with Crippen LogP contribution >= 0.6 is 11.6 Å². The van der Waals surface area contributed by atoms with Crippen molar-refractivity contribution in [3.05, 3.63) is 89.7 Å². The molecule has 0 fully saturated rings. The van der Waals surface area contributed by atoms with E-state index in [0.29, 0.717) is 29.7 Å². The van der Waals surface area contributed by atoms with Gasteiger partial charge in [-0.15, -0.1) is 0 Å². The molecule has 0 spiro atoms. The average molecular weight is 454 g/mol. The van der Waals surface area contributed by atoms with E-state index in [4.69, 9.17) is 21.3 Å². The number of fused-ring (bicyclic) bond motifs is 3. The third kappa shape index (κ3) is 3.95. The summed E-state index contributed by atoms with van der Waals surface area (Å²) in [4.78, 5) is 10.8. The first-order chi connectivity index (χ1) is 16.2. The summed E-state index contributed by atoms with van der Waals surface area (Å²) < 4.78 is 8.03. The molecule has 33 heavy (non-hydrogen) atoms. The number of nitriles is 1. The molecule has 0 saturated heterocycles. The zero-order chi connectivity index (χ0) is 22.8. The number of rotatable bonds is 3. The largest absolute Gasteiger partial charge is 0.491 e. The van der Waals surface area contributed by atoms with Crippen molar-refractivity contribution in [1.82, 2.24) is 9.55 Å². The summed E-state index contributed by atoms with van der Waals surface area (Å²) >= 11 is 6.39. The van der Waals surface area contributed by atoms with Crippen LogP contribution in [0.15, 0.2) is 84.0 Å². The van der Waals surface area contributed by atoms with Crippen LogP contribution in [0, 0.1) is 11.5 Å². The number of ether oxygens (including phenoxy) is 1. The first-order valence-corrected chi connectivity index (χ1v) is 10.9. The van der Waals surface area contributed by atoms with E-state index >= 15 is 0 Å². The van der Waals surface area contributed by atoms with Crippen LogP contribution in [0.4, 0.5) is 5.69 Å². The van der Waals surface area contributed by atoms with Gasteiger partial charge in [-0.2, -0.15) is 10.3 Å². The number of imidazole rings is 1. The number of hydrogen-bond donors (Lipinski definition) is 0. The number of amidine groups is 1. The molecular formula is C26H20ClN5O. The molecule has 1 aromatic heterocycles. The molecule has 0 atom stereocenters. The van der Waals surface area contributed by atoms with Crippen LogP contribution < -0.4 is 9.64 Å². The van der Waals surface area contributed by atoms with Crippen LogP contribution in [0.2, 0.25) is 5.02 Å². The SMILES string of the molecule is CN(/C(=N\C#N)c1cn2c(n1)-c1cc(-c3ccccc3)ccc1OCC2)c1ccccc1Cl. The Morgan fingerprint density at radius 1 is 1.09 bits per heavy atom. The molecule has 0 saturated carbocycles. The smallest absolute Gasteiger partial charge is 0.207 e. The van der Waals surface area contributed by atoms with Crippen molar-refractivity contribution in [1.29, 1.82) is 5.26 Å². The van der Waals surface area contributed by atoms with Crippen molar-refractivity contribution in [2.45, 2.75) is 6.54 Å². The first kappa shape index (κ1) is 20.8. The summed E-state index contributed by atoms with van der Waals surface area (Å²) in [5, 5.41) is 9.95. The predicted octanol–water partition coefficient (Wildman–Crippen LogP) is 5.63. The lowest BCUT2D eigenvalue weighted by Crippen LogP contribution is -2.28. The quantitative estimate of drug-likeness (QED) is 0.229. The minimum Gasteiger partial charge on any atom is -0.491 e. The molecule has 2 heterocycles. The molecule has 0 unspecified atom stereocenters. The van der Waals surface area contributed by atoms with E-state index in [1.165, 1.54) is 0 Å². The van der Waals surface area contributed by atoms with E-state index in [-0.39, 0.29) is 0 Å². The Bertz CT molecular complexity index is 1390. The average Bonchev–Trinajstić information content (AvgIpc) is 3.19. The van der Waals surface area contributed by atoms with E-state index in [2.05, 4.69) is 29.3 Å². The first-order valence-electron chi connectivity index (χ1n) is 10.5. The van der Waals surface area contributed by atoms with Gasteiger partial charge in [0.15, 0.2) is 5.84 Å². The molecule has 6 nitrogen and oxygen atoms in total. The van der Waals surface area contributed by atoms with E-state index in [1.54, 1.807) is 11.0 Å². The predicted molar refractivity (Wildman–Crippen MR) is 131 cm³/mol. The minimum absolute atomic E-state index is 0.424. The van der Waals surface area contributed by atoms with Gasteiger partial charge >= 0.3 is 0 Å². The van der Waals surface area contributed by atoms with Crippen molar-refractivity contribution in [3.63, 3.8) is 0 Å². The Morgan fingerprint density at radius 2 is 1.88 bits per heavy atom. The fourth-order valence-electron chi connectivity index (χ4n) is 3.99. The van der Waals surface area contributed by atoms with Crippen LogP contribution in [-0.4, -0.2) is 29.0 Å². The standard InChI is InChI=1S/C26H20ClN5O/c1-31(23-10-6-5-9-21(23)27)26(29-17-28)22-16-32-13-14-33-24-12-11-19(15-20(24)25(32)30-22)18-7-3-2-4-8-18/h2-12,15-16H,13-14H2,1H3/b29-26-. The lowest BCUT2D eigenvalue weighted by atomic mass is 10.0. The van der Waals surface area contributed by atoms with Gasteiger partial charge in [-0.25, -0.2) is 4.98 Å².